The van der Waals surface area contributed by atoms with E-state index in [1.165, 1.54) is 12.8 Å². The summed E-state index contributed by atoms with van der Waals surface area (Å²) in [6.45, 7) is 4.16. The van der Waals surface area contributed by atoms with Crippen molar-refractivity contribution in [2.24, 2.45) is 5.92 Å². The monoisotopic (exact) mass is 299 g/mol. The second-order valence-electron chi connectivity index (χ2n) is 5.86. The number of rotatable bonds is 5. The summed E-state index contributed by atoms with van der Waals surface area (Å²) < 4.78 is 5.10. The summed E-state index contributed by atoms with van der Waals surface area (Å²) in [4.78, 5) is 12.2. The minimum atomic E-state index is -0.152. The first-order chi connectivity index (χ1) is 10.6. The van der Waals surface area contributed by atoms with Gasteiger partial charge >= 0.3 is 6.03 Å². The van der Waals surface area contributed by atoms with Gasteiger partial charge in [-0.15, -0.1) is 0 Å². The van der Waals surface area contributed by atoms with E-state index in [0.717, 1.165) is 22.6 Å². The second kappa shape index (κ2) is 6.22. The number of hydrogen-bond acceptors (Lipinski definition) is 3. The number of amides is 2. The summed E-state index contributed by atoms with van der Waals surface area (Å²) >= 11 is 0. The van der Waals surface area contributed by atoms with Crippen molar-refractivity contribution in [3.05, 3.63) is 52.9 Å². The zero-order chi connectivity index (χ0) is 15.5. The van der Waals surface area contributed by atoms with E-state index in [0.29, 0.717) is 12.5 Å². The molecule has 1 aromatic carbocycles. The molecule has 1 atom stereocenters. The predicted molar refractivity (Wildman–Crippen MR) is 83.3 cm³/mol. The first kappa shape index (κ1) is 14.6. The molecule has 22 heavy (non-hydrogen) atoms. The highest BCUT2D eigenvalue weighted by molar-refractivity contribution is 5.74. The van der Waals surface area contributed by atoms with Gasteiger partial charge in [0.2, 0.25) is 0 Å². The average molecular weight is 299 g/mol. The molecule has 2 aromatic rings. The van der Waals surface area contributed by atoms with Crippen LogP contribution in [-0.4, -0.2) is 11.2 Å². The molecule has 1 aromatic heterocycles. The third-order valence-corrected chi connectivity index (χ3v) is 4.15. The molecular formula is C17H21N3O2. The molecular weight excluding hydrogens is 278 g/mol. The Hall–Kier alpha value is -2.30. The van der Waals surface area contributed by atoms with Gasteiger partial charge in [0.05, 0.1) is 11.7 Å². The minimum absolute atomic E-state index is 0.0888. The van der Waals surface area contributed by atoms with Crippen molar-refractivity contribution in [1.29, 1.82) is 0 Å². The average Bonchev–Trinajstić information content (AvgIpc) is 3.31. The van der Waals surface area contributed by atoms with Gasteiger partial charge in [0, 0.05) is 12.1 Å². The zero-order valence-electron chi connectivity index (χ0n) is 12.9. The summed E-state index contributed by atoms with van der Waals surface area (Å²) in [6, 6.07) is 10.1. The van der Waals surface area contributed by atoms with E-state index in [4.69, 9.17) is 4.52 Å². The summed E-state index contributed by atoms with van der Waals surface area (Å²) in [5.74, 6) is 1.30. The number of carbonyl (C=O) groups is 1. The van der Waals surface area contributed by atoms with Gasteiger partial charge in [-0.3, -0.25) is 0 Å². The molecule has 3 rings (SSSR count). The van der Waals surface area contributed by atoms with Gasteiger partial charge < -0.3 is 15.2 Å². The lowest BCUT2D eigenvalue weighted by molar-refractivity contribution is 0.235. The van der Waals surface area contributed by atoms with Crippen molar-refractivity contribution in [2.75, 3.05) is 0 Å². The van der Waals surface area contributed by atoms with Crippen LogP contribution >= 0.6 is 0 Å². The van der Waals surface area contributed by atoms with Crippen LogP contribution < -0.4 is 10.6 Å². The molecule has 1 saturated carbocycles. The molecule has 5 nitrogen and oxygen atoms in total. The van der Waals surface area contributed by atoms with Gasteiger partial charge in [0.1, 0.15) is 5.76 Å². The molecule has 1 unspecified atom stereocenters. The Morgan fingerprint density at radius 1 is 1.32 bits per heavy atom. The fourth-order valence-corrected chi connectivity index (χ4v) is 2.68. The minimum Gasteiger partial charge on any atom is -0.361 e. The number of nitrogens with one attached hydrogen (secondary N) is 2. The number of benzene rings is 1. The van der Waals surface area contributed by atoms with Crippen LogP contribution in [0.25, 0.3) is 0 Å². The zero-order valence-corrected chi connectivity index (χ0v) is 12.9. The number of hydrogen-bond donors (Lipinski definition) is 2. The van der Waals surface area contributed by atoms with E-state index in [9.17, 15) is 4.79 Å². The Morgan fingerprint density at radius 3 is 2.64 bits per heavy atom. The van der Waals surface area contributed by atoms with Crippen LogP contribution in [0.2, 0.25) is 0 Å². The van der Waals surface area contributed by atoms with Crippen LogP contribution in [0.15, 0.2) is 34.9 Å². The number of carbonyl (C=O) groups excluding carboxylic acids is 1. The van der Waals surface area contributed by atoms with E-state index < -0.39 is 0 Å². The lowest BCUT2D eigenvalue weighted by Crippen LogP contribution is -2.38. The Kier molecular flexibility index (Phi) is 4.13. The van der Waals surface area contributed by atoms with Gasteiger partial charge in [-0.2, -0.15) is 0 Å². The molecule has 1 heterocycles. The fourth-order valence-electron chi connectivity index (χ4n) is 2.68. The van der Waals surface area contributed by atoms with Gasteiger partial charge in [-0.25, -0.2) is 4.79 Å². The van der Waals surface area contributed by atoms with Gasteiger partial charge in [0.15, 0.2) is 0 Å². The lowest BCUT2D eigenvalue weighted by atomic mass is 10.0. The maximum Gasteiger partial charge on any atom is 0.315 e. The molecule has 0 saturated heterocycles. The molecule has 1 aliphatic rings. The molecule has 0 aliphatic heterocycles. The summed E-state index contributed by atoms with van der Waals surface area (Å²) in [5.41, 5.74) is 2.93. The molecule has 116 valence electrons. The summed E-state index contributed by atoms with van der Waals surface area (Å²) in [5, 5.41) is 9.89. The van der Waals surface area contributed by atoms with Crippen LogP contribution in [0, 0.1) is 19.8 Å². The molecule has 0 radical (unpaired) electrons. The molecule has 1 aliphatic carbocycles. The SMILES string of the molecule is Cc1noc(C)c1CNC(=O)NC(c1ccccc1)C1CC1. The number of nitrogens with zero attached hydrogens (tertiary/aromatic N) is 1. The Morgan fingerprint density at radius 2 is 2.05 bits per heavy atom. The predicted octanol–water partition coefficient (Wildman–Crippen LogP) is 3.24. The quantitative estimate of drug-likeness (QED) is 0.890. The number of aromatic nitrogens is 1. The van der Waals surface area contributed by atoms with E-state index in [-0.39, 0.29) is 12.1 Å². The van der Waals surface area contributed by atoms with Crippen LogP contribution in [0.1, 0.15) is 41.5 Å². The standard InChI is InChI=1S/C17H21N3O2/c1-11-15(12(2)22-20-11)10-18-17(21)19-16(14-8-9-14)13-6-4-3-5-7-13/h3-7,14,16H,8-10H2,1-2H3,(H2,18,19,21). The first-order valence-corrected chi connectivity index (χ1v) is 7.66. The van der Waals surface area contributed by atoms with Crippen molar-refractivity contribution in [2.45, 2.75) is 39.3 Å². The van der Waals surface area contributed by atoms with Crippen molar-refractivity contribution in [1.82, 2.24) is 15.8 Å². The van der Waals surface area contributed by atoms with Crippen molar-refractivity contribution < 1.29 is 9.32 Å². The smallest absolute Gasteiger partial charge is 0.315 e. The van der Waals surface area contributed by atoms with E-state index in [1.807, 2.05) is 32.0 Å². The van der Waals surface area contributed by atoms with Crippen molar-refractivity contribution in [3.8, 4) is 0 Å². The van der Waals surface area contributed by atoms with Crippen LogP contribution in [-0.2, 0) is 6.54 Å². The van der Waals surface area contributed by atoms with E-state index in [2.05, 4.69) is 27.9 Å². The highest BCUT2D eigenvalue weighted by Gasteiger charge is 2.33. The Balaban J connectivity index is 1.60. The highest BCUT2D eigenvalue weighted by Crippen LogP contribution is 2.40. The second-order valence-corrected chi connectivity index (χ2v) is 5.86. The van der Waals surface area contributed by atoms with Crippen LogP contribution in [0.3, 0.4) is 0 Å². The van der Waals surface area contributed by atoms with Crippen molar-refractivity contribution >= 4 is 6.03 Å². The number of urea groups is 1. The van der Waals surface area contributed by atoms with E-state index >= 15 is 0 Å². The van der Waals surface area contributed by atoms with Gasteiger partial charge in [0.25, 0.3) is 0 Å². The normalized spacial score (nSPS) is 15.4. The van der Waals surface area contributed by atoms with Gasteiger partial charge in [-0.05, 0) is 38.2 Å². The van der Waals surface area contributed by atoms with E-state index in [1.54, 1.807) is 0 Å². The molecule has 1 fully saturated rings. The Labute approximate surface area is 130 Å². The first-order valence-electron chi connectivity index (χ1n) is 7.66. The maximum absolute atomic E-state index is 12.2. The molecule has 5 heteroatoms. The highest BCUT2D eigenvalue weighted by atomic mass is 16.5. The van der Waals surface area contributed by atoms with Crippen LogP contribution in [0.4, 0.5) is 4.79 Å². The number of aryl methyl sites for hydroxylation is 2. The topological polar surface area (TPSA) is 67.2 Å². The Bertz CT molecular complexity index is 628. The largest absolute Gasteiger partial charge is 0.361 e. The molecule has 0 bridgehead atoms. The van der Waals surface area contributed by atoms with Crippen molar-refractivity contribution in [3.63, 3.8) is 0 Å². The fraction of sp³-hybridized carbons (Fsp3) is 0.412. The maximum atomic E-state index is 12.2. The third-order valence-electron chi connectivity index (χ3n) is 4.15. The van der Waals surface area contributed by atoms with Gasteiger partial charge in [-0.1, -0.05) is 35.5 Å². The summed E-state index contributed by atoms with van der Waals surface area (Å²) in [6.07, 6.45) is 2.34. The molecule has 2 N–H and O–H groups in total. The molecule has 0 spiro atoms. The van der Waals surface area contributed by atoms with Crippen LogP contribution in [0.5, 0.6) is 0 Å². The molecule has 2 amide bonds. The third kappa shape index (κ3) is 3.30. The lowest BCUT2D eigenvalue weighted by Gasteiger charge is -2.19. The summed E-state index contributed by atoms with van der Waals surface area (Å²) in [7, 11) is 0.